The summed E-state index contributed by atoms with van der Waals surface area (Å²) in [6.07, 6.45) is 3.24. The van der Waals surface area contributed by atoms with E-state index in [-0.39, 0.29) is 18.2 Å². The number of nitrogens with zero attached hydrogens (tertiary/aromatic N) is 2. The van der Waals surface area contributed by atoms with Gasteiger partial charge in [0.15, 0.2) is 17.6 Å². The van der Waals surface area contributed by atoms with Crippen LogP contribution in [0.4, 0.5) is 10.5 Å². The zero-order valence-corrected chi connectivity index (χ0v) is 17.9. The second-order valence-electron chi connectivity index (χ2n) is 7.80. The first-order chi connectivity index (χ1) is 16.2. The first kappa shape index (κ1) is 20.6. The van der Waals surface area contributed by atoms with E-state index in [1.165, 1.54) is 0 Å². The van der Waals surface area contributed by atoms with Crippen LogP contribution in [-0.2, 0) is 6.54 Å². The van der Waals surface area contributed by atoms with E-state index in [0.29, 0.717) is 18.8 Å². The van der Waals surface area contributed by atoms with Crippen LogP contribution in [0.2, 0.25) is 0 Å². The molecule has 1 aliphatic rings. The third kappa shape index (κ3) is 4.98. The van der Waals surface area contributed by atoms with Gasteiger partial charge in [-0.1, -0.05) is 72.8 Å². The van der Waals surface area contributed by atoms with Crippen molar-refractivity contribution in [3.63, 3.8) is 0 Å². The van der Waals surface area contributed by atoms with Gasteiger partial charge in [0.1, 0.15) is 6.61 Å². The van der Waals surface area contributed by atoms with Crippen molar-refractivity contribution in [1.82, 2.24) is 15.1 Å². The Morgan fingerprint density at radius 3 is 2.27 bits per heavy atom. The number of carbonyl (C=O) groups excluding carboxylic acids is 1. The molecule has 0 saturated heterocycles. The fraction of sp³-hybridized carbons (Fsp3) is 0.154. The summed E-state index contributed by atoms with van der Waals surface area (Å²) in [6.45, 7) is 0.949. The van der Waals surface area contributed by atoms with Crippen LogP contribution in [0, 0.1) is 0 Å². The van der Waals surface area contributed by atoms with Gasteiger partial charge in [-0.3, -0.25) is 4.68 Å². The van der Waals surface area contributed by atoms with Crippen LogP contribution in [0.5, 0.6) is 11.5 Å². The molecule has 2 heterocycles. The largest absolute Gasteiger partial charge is 0.486 e. The minimum absolute atomic E-state index is 0.165. The van der Waals surface area contributed by atoms with Gasteiger partial charge in [-0.2, -0.15) is 5.10 Å². The highest BCUT2D eigenvalue weighted by Gasteiger charge is 2.22. The Hall–Kier alpha value is -4.26. The summed E-state index contributed by atoms with van der Waals surface area (Å²) in [4.78, 5) is 12.8. The average molecular weight is 441 g/mol. The predicted octanol–water partition coefficient (Wildman–Crippen LogP) is 4.63. The molecule has 0 saturated carbocycles. The molecule has 1 aliphatic heterocycles. The maximum atomic E-state index is 12.8. The Bertz CT molecular complexity index is 1170. The van der Waals surface area contributed by atoms with Gasteiger partial charge in [-0.05, 0) is 23.3 Å². The van der Waals surface area contributed by atoms with Crippen LogP contribution in [0.15, 0.2) is 97.3 Å². The van der Waals surface area contributed by atoms with Gasteiger partial charge in [0, 0.05) is 6.20 Å². The third-order valence-corrected chi connectivity index (χ3v) is 5.39. The van der Waals surface area contributed by atoms with Crippen LogP contribution in [0.25, 0.3) is 0 Å². The molecular weight excluding hydrogens is 416 g/mol. The Labute approximate surface area is 192 Å². The highest BCUT2D eigenvalue weighted by Crippen LogP contribution is 2.31. The number of amides is 2. The Balaban J connectivity index is 1.22. The van der Waals surface area contributed by atoms with Crippen molar-refractivity contribution in [1.29, 1.82) is 0 Å². The zero-order valence-electron chi connectivity index (χ0n) is 17.9. The summed E-state index contributed by atoms with van der Waals surface area (Å²) in [5.74, 6) is 1.48. The van der Waals surface area contributed by atoms with E-state index in [0.717, 1.165) is 22.6 Å². The number of ether oxygens (including phenoxy) is 2. The lowest BCUT2D eigenvalue weighted by Crippen LogP contribution is -2.33. The number of aromatic nitrogens is 2. The normalized spacial score (nSPS) is 14.6. The minimum atomic E-state index is -0.307. The second kappa shape index (κ2) is 9.48. The topological polar surface area (TPSA) is 77.4 Å². The fourth-order valence-electron chi connectivity index (χ4n) is 3.84. The summed E-state index contributed by atoms with van der Waals surface area (Å²) in [7, 11) is 0. The smallest absolute Gasteiger partial charge is 0.320 e. The second-order valence-corrected chi connectivity index (χ2v) is 7.80. The first-order valence-electron chi connectivity index (χ1n) is 10.8. The molecule has 5 rings (SSSR count). The number of urea groups is 1. The molecule has 3 aromatic carbocycles. The standard InChI is InChI=1S/C26H24N4O3/c31-26(29-25(19-9-3-1-4-10-19)20-11-5-2-6-12-20)28-21-15-27-30(16-21)17-22-18-32-23-13-7-8-14-24(23)33-22/h1-16,22,25H,17-18H2,(H2,28,29,31)/t22-/m0/s1. The van der Waals surface area contributed by atoms with E-state index < -0.39 is 0 Å². The quantitative estimate of drug-likeness (QED) is 0.458. The SMILES string of the molecule is O=C(Nc1cnn(C[C@H]2COc3ccccc3O2)c1)NC(c1ccccc1)c1ccccc1. The van der Waals surface area contributed by atoms with Crippen molar-refractivity contribution in [2.45, 2.75) is 18.7 Å². The predicted molar refractivity (Wildman–Crippen MR) is 125 cm³/mol. The molecule has 0 unspecified atom stereocenters. The van der Waals surface area contributed by atoms with E-state index in [4.69, 9.17) is 9.47 Å². The van der Waals surface area contributed by atoms with Crippen molar-refractivity contribution in [2.24, 2.45) is 0 Å². The maximum absolute atomic E-state index is 12.8. The summed E-state index contributed by atoms with van der Waals surface area (Å²) < 4.78 is 13.5. The molecule has 0 spiro atoms. The summed E-state index contributed by atoms with van der Waals surface area (Å²) in [5, 5.41) is 10.3. The van der Waals surface area contributed by atoms with Gasteiger partial charge in [0.2, 0.25) is 0 Å². The number of hydrogen-bond acceptors (Lipinski definition) is 4. The molecule has 0 radical (unpaired) electrons. The Morgan fingerprint density at radius 1 is 0.939 bits per heavy atom. The van der Waals surface area contributed by atoms with Crippen LogP contribution in [-0.4, -0.2) is 28.5 Å². The molecular formula is C26H24N4O3. The number of benzene rings is 3. The molecule has 2 amide bonds. The average Bonchev–Trinajstić information content (AvgIpc) is 3.30. The highest BCUT2D eigenvalue weighted by molar-refractivity contribution is 5.89. The van der Waals surface area contributed by atoms with Gasteiger partial charge in [0.25, 0.3) is 0 Å². The summed E-state index contributed by atoms with van der Waals surface area (Å²) in [6, 6.07) is 26.8. The summed E-state index contributed by atoms with van der Waals surface area (Å²) >= 11 is 0. The lowest BCUT2D eigenvalue weighted by atomic mass is 9.99. The molecule has 1 atom stereocenters. The maximum Gasteiger partial charge on any atom is 0.320 e. The Kier molecular flexibility index (Phi) is 5.93. The zero-order chi connectivity index (χ0) is 22.5. The molecule has 7 heteroatoms. The molecule has 4 aromatic rings. The van der Waals surface area contributed by atoms with Gasteiger partial charge in [-0.25, -0.2) is 4.79 Å². The van der Waals surface area contributed by atoms with Crippen LogP contribution in [0.1, 0.15) is 17.2 Å². The van der Waals surface area contributed by atoms with E-state index >= 15 is 0 Å². The third-order valence-electron chi connectivity index (χ3n) is 5.39. The molecule has 0 aliphatic carbocycles. The number of fused-ring (bicyclic) bond motifs is 1. The number of hydrogen-bond donors (Lipinski definition) is 2. The van der Waals surface area contributed by atoms with Crippen molar-refractivity contribution in [3.8, 4) is 11.5 Å². The lowest BCUT2D eigenvalue weighted by Gasteiger charge is -2.26. The van der Waals surface area contributed by atoms with E-state index in [1.807, 2.05) is 84.9 Å². The number of carbonyl (C=O) groups is 1. The van der Waals surface area contributed by atoms with Crippen molar-refractivity contribution < 1.29 is 14.3 Å². The molecule has 0 bridgehead atoms. The molecule has 33 heavy (non-hydrogen) atoms. The fourth-order valence-corrected chi connectivity index (χ4v) is 3.84. The van der Waals surface area contributed by atoms with E-state index in [2.05, 4.69) is 15.7 Å². The van der Waals surface area contributed by atoms with Gasteiger partial charge in [-0.15, -0.1) is 0 Å². The molecule has 0 fully saturated rings. The van der Waals surface area contributed by atoms with Gasteiger partial charge < -0.3 is 20.1 Å². The van der Waals surface area contributed by atoms with E-state index in [9.17, 15) is 4.79 Å². The van der Waals surface area contributed by atoms with Crippen molar-refractivity contribution in [2.75, 3.05) is 11.9 Å². The molecule has 1 aromatic heterocycles. The van der Waals surface area contributed by atoms with Crippen molar-refractivity contribution in [3.05, 3.63) is 108 Å². The monoisotopic (exact) mass is 440 g/mol. The molecule has 166 valence electrons. The number of anilines is 1. The Morgan fingerprint density at radius 2 is 1.58 bits per heavy atom. The van der Waals surface area contributed by atoms with Crippen LogP contribution in [0.3, 0.4) is 0 Å². The number of para-hydroxylation sites is 2. The van der Waals surface area contributed by atoms with Gasteiger partial charge >= 0.3 is 6.03 Å². The molecule has 7 nitrogen and oxygen atoms in total. The van der Waals surface area contributed by atoms with Crippen LogP contribution >= 0.6 is 0 Å². The van der Waals surface area contributed by atoms with Gasteiger partial charge in [0.05, 0.1) is 24.5 Å². The van der Waals surface area contributed by atoms with Crippen LogP contribution < -0.4 is 20.1 Å². The highest BCUT2D eigenvalue weighted by atomic mass is 16.6. The number of rotatable bonds is 6. The minimum Gasteiger partial charge on any atom is -0.486 e. The van der Waals surface area contributed by atoms with Crippen molar-refractivity contribution >= 4 is 11.7 Å². The summed E-state index contributed by atoms with van der Waals surface area (Å²) in [5.41, 5.74) is 2.61. The molecule has 2 N–H and O–H groups in total. The lowest BCUT2D eigenvalue weighted by molar-refractivity contribution is 0.0759. The first-order valence-corrected chi connectivity index (χ1v) is 10.8. The number of nitrogens with one attached hydrogen (secondary N) is 2. The van der Waals surface area contributed by atoms with E-state index in [1.54, 1.807) is 17.1 Å².